The lowest BCUT2D eigenvalue weighted by Crippen LogP contribution is -2.29. The fourth-order valence-electron chi connectivity index (χ4n) is 4.66. The van der Waals surface area contributed by atoms with Crippen LogP contribution in [0.25, 0.3) is 5.76 Å². The number of thiazole rings is 1. The molecule has 1 aliphatic rings. The van der Waals surface area contributed by atoms with E-state index in [9.17, 15) is 19.5 Å². The summed E-state index contributed by atoms with van der Waals surface area (Å²) < 4.78 is 11.1. The molecule has 0 spiro atoms. The highest BCUT2D eigenvalue weighted by atomic mass is 35.5. The van der Waals surface area contributed by atoms with Gasteiger partial charge in [0.25, 0.3) is 5.78 Å². The van der Waals surface area contributed by atoms with Gasteiger partial charge in [-0.25, -0.2) is 9.78 Å². The molecule has 4 aromatic rings. The quantitative estimate of drug-likeness (QED) is 0.0714. The van der Waals surface area contributed by atoms with E-state index in [0.29, 0.717) is 34.2 Å². The Morgan fingerprint density at radius 1 is 1.07 bits per heavy atom. The van der Waals surface area contributed by atoms with Crippen LogP contribution >= 0.6 is 22.9 Å². The number of nitrogens with zero attached hydrogens (tertiary/aromatic N) is 2. The average molecular weight is 615 g/mol. The smallest absolute Gasteiger partial charge is 0.350 e. The van der Waals surface area contributed by atoms with Crippen molar-refractivity contribution in [3.63, 3.8) is 0 Å². The number of benzene rings is 3. The van der Waals surface area contributed by atoms with Gasteiger partial charge in [0.2, 0.25) is 0 Å². The van der Waals surface area contributed by atoms with E-state index in [0.717, 1.165) is 22.5 Å². The van der Waals surface area contributed by atoms with Crippen molar-refractivity contribution in [1.82, 2.24) is 4.98 Å². The third kappa shape index (κ3) is 6.09. The Labute approximate surface area is 257 Å². The summed E-state index contributed by atoms with van der Waals surface area (Å²) in [6.07, 6.45) is 1.44. The number of aryl methyl sites for hydroxylation is 2. The van der Waals surface area contributed by atoms with E-state index in [1.54, 1.807) is 55.5 Å². The molecule has 0 saturated carbocycles. The molecule has 1 aromatic heterocycles. The van der Waals surface area contributed by atoms with Crippen LogP contribution in [0.3, 0.4) is 0 Å². The molecule has 218 valence electrons. The first-order valence-corrected chi connectivity index (χ1v) is 14.5. The summed E-state index contributed by atoms with van der Waals surface area (Å²) in [5.74, 6) is -2.18. The second-order valence-electron chi connectivity index (χ2n) is 9.76. The van der Waals surface area contributed by atoms with E-state index < -0.39 is 23.7 Å². The van der Waals surface area contributed by atoms with E-state index in [1.807, 2.05) is 31.2 Å². The molecule has 8 nitrogen and oxygen atoms in total. The molecule has 1 atom stereocenters. The molecule has 10 heteroatoms. The molecule has 2 heterocycles. The Bertz CT molecular complexity index is 1740. The van der Waals surface area contributed by atoms with Gasteiger partial charge in [0.1, 0.15) is 29.6 Å². The third-order valence-corrected chi connectivity index (χ3v) is 8.31. The topological polar surface area (TPSA) is 106 Å². The van der Waals surface area contributed by atoms with Gasteiger partial charge < -0.3 is 14.6 Å². The van der Waals surface area contributed by atoms with Crippen LogP contribution in [0.4, 0.5) is 5.13 Å². The lowest BCUT2D eigenvalue weighted by atomic mass is 9.95. The number of halogens is 1. The first-order chi connectivity index (χ1) is 20.7. The van der Waals surface area contributed by atoms with Crippen molar-refractivity contribution in [2.24, 2.45) is 0 Å². The monoisotopic (exact) mass is 614 g/mol. The van der Waals surface area contributed by atoms with Crippen molar-refractivity contribution >= 4 is 51.5 Å². The van der Waals surface area contributed by atoms with Crippen LogP contribution in [0.15, 0.2) is 91.0 Å². The second-order valence-corrected chi connectivity index (χ2v) is 11.2. The summed E-state index contributed by atoms with van der Waals surface area (Å²) in [6.45, 7) is 7.54. The molecular formula is C33H27ClN2O6S. The lowest BCUT2D eigenvalue weighted by Gasteiger charge is -2.23. The second kappa shape index (κ2) is 12.6. The normalized spacial score (nSPS) is 15.9. The standard InChI is InChI=1S/C33H27ClN2O6S/c1-4-17-41-32(40)30-20(3)35-33(43-30)36-27(21-9-13-24(34)14-10-21)26(29(38)31(36)39)28(37)22-11-15-25(16-12-22)42-18-23-8-6-5-7-19(23)2/h4-16,27,37H,1,17-18H2,2-3H3/b28-26+. The Balaban J connectivity index is 1.52. The van der Waals surface area contributed by atoms with Crippen molar-refractivity contribution in [1.29, 1.82) is 0 Å². The fourth-order valence-corrected chi connectivity index (χ4v) is 5.78. The number of Topliss-reactive ketones (excluding diaryl/α,β-unsaturated/α-hetero) is 1. The van der Waals surface area contributed by atoms with Gasteiger partial charge in [0.15, 0.2) is 5.13 Å². The van der Waals surface area contributed by atoms with Crippen molar-refractivity contribution in [2.75, 3.05) is 11.5 Å². The number of esters is 1. The van der Waals surface area contributed by atoms with Gasteiger partial charge in [-0.1, -0.05) is 72.0 Å². The number of ketones is 1. The molecular weight excluding hydrogens is 588 g/mol. The lowest BCUT2D eigenvalue weighted by molar-refractivity contribution is -0.132. The molecule has 1 amide bonds. The molecule has 1 N–H and O–H groups in total. The maximum atomic E-state index is 13.5. The number of anilines is 1. The van der Waals surface area contributed by atoms with Crippen LogP contribution < -0.4 is 9.64 Å². The Kier molecular flexibility index (Phi) is 8.75. The summed E-state index contributed by atoms with van der Waals surface area (Å²) in [5, 5.41) is 12.0. The highest BCUT2D eigenvalue weighted by Gasteiger charge is 2.48. The number of hydrogen-bond acceptors (Lipinski definition) is 8. The number of ether oxygens (including phenoxy) is 2. The molecule has 0 aliphatic carbocycles. The number of amides is 1. The van der Waals surface area contributed by atoms with Crippen molar-refractivity contribution in [3.8, 4) is 5.75 Å². The zero-order valence-corrected chi connectivity index (χ0v) is 24.9. The van der Waals surface area contributed by atoms with Crippen LogP contribution in [0.1, 0.15) is 43.7 Å². The Hall–Kier alpha value is -4.73. The SMILES string of the molecule is C=CCOC(=O)c1sc(N2C(=O)C(=O)/C(=C(/O)c3ccc(OCc4ccccc4C)cc3)C2c2ccc(Cl)cc2)nc1C. The summed E-state index contributed by atoms with van der Waals surface area (Å²) in [4.78, 5) is 45.4. The number of aromatic nitrogens is 1. The number of carbonyl (C=O) groups is 3. The van der Waals surface area contributed by atoms with Gasteiger partial charge in [0.05, 0.1) is 17.3 Å². The summed E-state index contributed by atoms with van der Waals surface area (Å²) in [5.41, 5.74) is 3.22. The van der Waals surface area contributed by atoms with Crippen LogP contribution in [0.5, 0.6) is 5.75 Å². The zero-order chi connectivity index (χ0) is 30.7. The highest BCUT2D eigenvalue weighted by molar-refractivity contribution is 7.17. The fraction of sp³-hybridized carbons (Fsp3) is 0.152. The zero-order valence-electron chi connectivity index (χ0n) is 23.4. The molecule has 43 heavy (non-hydrogen) atoms. The summed E-state index contributed by atoms with van der Waals surface area (Å²) in [6, 6.07) is 20.1. The first-order valence-electron chi connectivity index (χ1n) is 13.3. The third-order valence-electron chi connectivity index (χ3n) is 6.92. The molecule has 0 bridgehead atoms. The molecule has 1 unspecified atom stereocenters. The number of aliphatic hydroxyl groups excluding tert-OH is 1. The highest BCUT2D eigenvalue weighted by Crippen LogP contribution is 2.44. The minimum atomic E-state index is -1.03. The molecule has 3 aromatic carbocycles. The van der Waals surface area contributed by atoms with Gasteiger partial charge in [0, 0.05) is 10.6 Å². The van der Waals surface area contributed by atoms with Crippen LogP contribution in [-0.2, 0) is 20.9 Å². The van der Waals surface area contributed by atoms with Crippen molar-refractivity contribution in [2.45, 2.75) is 26.5 Å². The number of hydrogen-bond donors (Lipinski definition) is 1. The van der Waals surface area contributed by atoms with E-state index in [-0.39, 0.29) is 27.9 Å². The molecule has 1 fully saturated rings. The maximum absolute atomic E-state index is 13.5. The van der Waals surface area contributed by atoms with Crippen LogP contribution in [0, 0.1) is 13.8 Å². The predicted octanol–water partition coefficient (Wildman–Crippen LogP) is 6.96. The Morgan fingerprint density at radius 2 is 1.77 bits per heavy atom. The van der Waals surface area contributed by atoms with Crippen LogP contribution in [0.2, 0.25) is 5.02 Å². The number of carbonyl (C=O) groups excluding carboxylic acids is 3. The summed E-state index contributed by atoms with van der Waals surface area (Å²) >= 11 is 7.05. The van der Waals surface area contributed by atoms with Gasteiger partial charge in [-0.2, -0.15) is 0 Å². The Morgan fingerprint density at radius 3 is 2.44 bits per heavy atom. The molecule has 0 radical (unpaired) electrons. The largest absolute Gasteiger partial charge is 0.507 e. The minimum absolute atomic E-state index is 0.0104. The first kappa shape index (κ1) is 29.8. The van der Waals surface area contributed by atoms with Crippen LogP contribution in [-0.4, -0.2) is 34.4 Å². The van der Waals surface area contributed by atoms with E-state index in [4.69, 9.17) is 21.1 Å². The summed E-state index contributed by atoms with van der Waals surface area (Å²) in [7, 11) is 0. The van der Waals surface area contributed by atoms with Crippen molar-refractivity contribution < 1.29 is 29.0 Å². The minimum Gasteiger partial charge on any atom is -0.507 e. The maximum Gasteiger partial charge on any atom is 0.350 e. The molecule has 1 saturated heterocycles. The van der Waals surface area contributed by atoms with Gasteiger partial charge >= 0.3 is 11.9 Å². The van der Waals surface area contributed by atoms with Crippen molar-refractivity contribution in [3.05, 3.63) is 129 Å². The van der Waals surface area contributed by atoms with Gasteiger partial charge in [-0.3, -0.25) is 14.5 Å². The van der Waals surface area contributed by atoms with E-state index in [2.05, 4.69) is 11.6 Å². The number of aliphatic hydroxyl groups is 1. The van der Waals surface area contributed by atoms with Gasteiger partial charge in [-0.15, -0.1) is 0 Å². The molecule has 5 rings (SSSR count). The van der Waals surface area contributed by atoms with Gasteiger partial charge in [-0.05, 0) is 66.9 Å². The van der Waals surface area contributed by atoms with E-state index in [1.165, 1.54) is 11.0 Å². The average Bonchev–Trinajstić information content (AvgIpc) is 3.52. The molecule has 1 aliphatic heterocycles. The predicted molar refractivity (Wildman–Crippen MR) is 166 cm³/mol. The number of rotatable bonds is 9. The van der Waals surface area contributed by atoms with E-state index >= 15 is 0 Å².